The first-order valence-electron chi connectivity index (χ1n) is 9.58. The van der Waals surface area contributed by atoms with E-state index in [1.165, 1.54) is 14.2 Å². The highest BCUT2D eigenvalue weighted by Gasteiger charge is 2.48. The number of ether oxygens (including phenoxy) is 3. The lowest BCUT2D eigenvalue weighted by Crippen LogP contribution is -2.46. The van der Waals surface area contributed by atoms with Crippen LogP contribution < -0.4 is 24.8 Å². The molecule has 1 saturated heterocycles. The van der Waals surface area contributed by atoms with E-state index in [9.17, 15) is 14.4 Å². The van der Waals surface area contributed by atoms with Gasteiger partial charge in [-0.1, -0.05) is 6.07 Å². The lowest BCUT2D eigenvalue weighted by Gasteiger charge is -2.22. The maximum absolute atomic E-state index is 13.0. The summed E-state index contributed by atoms with van der Waals surface area (Å²) in [6.45, 7) is 1.24. The summed E-state index contributed by atoms with van der Waals surface area (Å²) in [6, 6.07) is 11.4. The molecule has 0 bridgehead atoms. The summed E-state index contributed by atoms with van der Waals surface area (Å²) < 4.78 is 15.6. The van der Waals surface area contributed by atoms with Gasteiger partial charge in [-0.3, -0.25) is 14.5 Å². The van der Waals surface area contributed by atoms with Crippen LogP contribution in [0.1, 0.15) is 12.5 Å². The second kappa shape index (κ2) is 8.95. The van der Waals surface area contributed by atoms with Gasteiger partial charge in [0.15, 0.2) is 11.5 Å². The molecule has 0 aliphatic carbocycles. The summed E-state index contributed by atoms with van der Waals surface area (Å²) in [5.74, 6) is 0.783. The van der Waals surface area contributed by atoms with Crippen molar-refractivity contribution in [1.82, 2.24) is 10.2 Å². The van der Waals surface area contributed by atoms with E-state index < -0.39 is 29.9 Å². The van der Waals surface area contributed by atoms with Crippen molar-refractivity contribution >= 4 is 23.5 Å². The predicted molar refractivity (Wildman–Crippen MR) is 114 cm³/mol. The van der Waals surface area contributed by atoms with Gasteiger partial charge in [0, 0.05) is 12.1 Å². The molecule has 31 heavy (non-hydrogen) atoms. The number of imide groups is 1. The fraction of sp³-hybridized carbons (Fsp3) is 0.318. The molecule has 1 fully saturated rings. The zero-order valence-corrected chi connectivity index (χ0v) is 17.9. The summed E-state index contributed by atoms with van der Waals surface area (Å²) in [7, 11) is 4.60. The fourth-order valence-corrected chi connectivity index (χ4v) is 3.43. The molecule has 2 N–H and O–H groups in total. The largest absolute Gasteiger partial charge is 0.497 e. The van der Waals surface area contributed by atoms with E-state index in [1.54, 1.807) is 56.5 Å². The van der Waals surface area contributed by atoms with E-state index in [0.717, 1.165) is 10.5 Å². The maximum atomic E-state index is 13.0. The van der Waals surface area contributed by atoms with Gasteiger partial charge in [0.25, 0.3) is 5.91 Å². The number of urea groups is 1. The fourth-order valence-electron chi connectivity index (χ4n) is 3.43. The van der Waals surface area contributed by atoms with Crippen LogP contribution in [-0.2, 0) is 16.0 Å². The Morgan fingerprint density at radius 1 is 1.00 bits per heavy atom. The minimum absolute atomic E-state index is 0.231. The zero-order chi connectivity index (χ0) is 22.6. The van der Waals surface area contributed by atoms with Crippen molar-refractivity contribution in [3.05, 3.63) is 48.0 Å². The first kappa shape index (κ1) is 21.9. The van der Waals surface area contributed by atoms with Crippen LogP contribution in [0.3, 0.4) is 0 Å². The predicted octanol–water partition coefficient (Wildman–Crippen LogP) is 2.20. The lowest BCUT2D eigenvalue weighted by atomic mass is 9.92. The molecule has 1 atom stereocenters. The standard InChI is InChI=1S/C22H25N3O6/c1-22(12-14-5-10-17(30-3)18(11-14)31-4)20(27)25(21(28)24-22)13-19(26)23-15-6-8-16(29-2)9-7-15/h5-11H,12-13H2,1-4H3,(H,23,26)(H,24,28)/t22-/m1/s1. The van der Waals surface area contributed by atoms with Crippen molar-refractivity contribution in [1.29, 1.82) is 0 Å². The Morgan fingerprint density at radius 3 is 2.29 bits per heavy atom. The molecule has 0 aromatic heterocycles. The molecule has 164 valence electrons. The average Bonchev–Trinajstić information content (AvgIpc) is 2.96. The van der Waals surface area contributed by atoms with Gasteiger partial charge in [-0.05, 0) is 48.9 Å². The van der Waals surface area contributed by atoms with E-state index in [-0.39, 0.29) is 6.42 Å². The molecule has 4 amide bonds. The Balaban J connectivity index is 1.68. The Bertz CT molecular complexity index is 991. The Labute approximate surface area is 180 Å². The molecule has 2 aromatic rings. The van der Waals surface area contributed by atoms with Crippen LogP contribution >= 0.6 is 0 Å². The van der Waals surface area contributed by atoms with Gasteiger partial charge < -0.3 is 24.8 Å². The molecule has 1 aliphatic heterocycles. The van der Waals surface area contributed by atoms with Crippen molar-refractivity contribution in [2.45, 2.75) is 18.9 Å². The molecule has 0 saturated carbocycles. The number of carbonyl (C=O) groups excluding carboxylic acids is 3. The van der Waals surface area contributed by atoms with E-state index in [1.807, 2.05) is 0 Å². The smallest absolute Gasteiger partial charge is 0.325 e. The van der Waals surface area contributed by atoms with E-state index in [2.05, 4.69) is 10.6 Å². The topological polar surface area (TPSA) is 106 Å². The summed E-state index contributed by atoms with van der Waals surface area (Å²) >= 11 is 0. The zero-order valence-electron chi connectivity index (χ0n) is 17.9. The third-order valence-corrected chi connectivity index (χ3v) is 5.03. The van der Waals surface area contributed by atoms with Gasteiger partial charge >= 0.3 is 6.03 Å². The van der Waals surface area contributed by atoms with Crippen LogP contribution in [-0.4, -0.2) is 56.2 Å². The highest BCUT2D eigenvalue weighted by atomic mass is 16.5. The number of methoxy groups -OCH3 is 3. The Hall–Kier alpha value is -3.75. The van der Waals surface area contributed by atoms with E-state index in [0.29, 0.717) is 22.9 Å². The summed E-state index contributed by atoms with van der Waals surface area (Å²) in [5, 5.41) is 5.37. The molecule has 3 rings (SSSR count). The van der Waals surface area contributed by atoms with Crippen molar-refractivity contribution < 1.29 is 28.6 Å². The molecule has 0 radical (unpaired) electrons. The number of nitrogens with zero attached hydrogens (tertiary/aromatic N) is 1. The number of benzene rings is 2. The number of amides is 4. The lowest BCUT2D eigenvalue weighted by molar-refractivity contribution is -0.133. The van der Waals surface area contributed by atoms with E-state index in [4.69, 9.17) is 14.2 Å². The molecular formula is C22H25N3O6. The van der Waals surface area contributed by atoms with Gasteiger partial charge in [-0.2, -0.15) is 0 Å². The van der Waals surface area contributed by atoms with Crippen molar-refractivity contribution in [2.75, 3.05) is 33.2 Å². The van der Waals surface area contributed by atoms with Crippen LogP contribution in [0, 0.1) is 0 Å². The van der Waals surface area contributed by atoms with Crippen LogP contribution in [0.15, 0.2) is 42.5 Å². The van der Waals surface area contributed by atoms with Crippen molar-refractivity contribution in [2.24, 2.45) is 0 Å². The third kappa shape index (κ3) is 4.71. The molecule has 9 heteroatoms. The number of carbonyl (C=O) groups is 3. The van der Waals surface area contributed by atoms with Crippen LogP contribution in [0.5, 0.6) is 17.2 Å². The second-order valence-corrected chi connectivity index (χ2v) is 7.30. The molecule has 9 nitrogen and oxygen atoms in total. The number of anilines is 1. The quantitative estimate of drug-likeness (QED) is 0.626. The SMILES string of the molecule is COc1ccc(NC(=O)CN2C(=O)N[C@](C)(Cc3ccc(OC)c(OC)c3)C2=O)cc1. The molecular weight excluding hydrogens is 402 g/mol. The molecule has 0 unspecified atom stereocenters. The monoisotopic (exact) mass is 427 g/mol. The Kier molecular flexibility index (Phi) is 6.33. The number of nitrogens with one attached hydrogen (secondary N) is 2. The van der Waals surface area contributed by atoms with Crippen molar-refractivity contribution in [3.8, 4) is 17.2 Å². The van der Waals surface area contributed by atoms with Gasteiger partial charge in [0.1, 0.15) is 17.8 Å². The first-order valence-corrected chi connectivity index (χ1v) is 9.58. The minimum Gasteiger partial charge on any atom is -0.497 e. The normalized spacial score (nSPS) is 17.9. The number of rotatable bonds is 8. The molecule has 2 aromatic carbocycles. The molecule has 0 spiro atoms. The van der Waals surface area contributed by atoms with E-state index >= 15 is 0 Å². The average molecular weight is 427 g/mol. The number of hydrogen-bond donors (Lipinski definition) is 2. The van der Waals surface area contributed by atoms with Crippen molar-refractivity contribution in [3.63, 3.8) is 0 Å². The summed E-state index contributed by atoms with van der Waals surface area (Å²) in [4.78, 5) is 38.7. The highest BCUT2D eigenvalue weighted by molar-refractivity contribution is 6.10. The minimum atomic E-state index is -1.18. The van der Waals surface area contributed by atoms with Crippen LogP contribution in [0.2, 0.25) is 0 Å². The van der Waals surface area contributed by atoms with Crippen LogP contribution in [0.4, 0.5) is 10.5 Å². The van der Waals surface area contributed by atoms with Gasteiger partial charge in [0.05, 0.1) is 21.3 Å². The van der Waals surface area contributed by atoms with Crippen LogP contribution in [0.25, 0.3) is 0 Å². The summed E-state index contributed by atoms with van der Waals surface area (Å²) in [5.41, 5.74) is 0.126. The second-order valence-electron chi connectivity index (χ2n) is 7.30. The number of hydrogen-bond acceptors (Lipinski definition) is 6. The van der Waals surface area contributed by atoms with Gasteiger partial charge in [-0.15, -0.1) is 0 Å². The van der Waals surface area contributed by atoms with Gasteiger partial charge in [-0.25, -0.2) is 4.79 Å². The molecule has 1 aliphatic rings. The first-order chi connectivity index (χ1) is 14.8. The molecule has 1 heterocycles. The Morgan fingerprint density at radius 2 is 1.68 bits per heavy atom. The third-order valence-electron chi connectivity index (χ3n) is 5.03. The summed E-state index contributed by atoms with van der Waals surface area (Å²) in [6.07, 6.45) is 0.231. The van der Waals surface area contributed by atoms with Gasteiger partial charge in [0.2, 0.25) is 5.91 Å². The maximum Gasteiger partial charge on any atom is 0.325 e. The highest BCUT2D eigenvalue weighted by Crippen LogP contribution is 2.30.